The Balaban J connectivity index is 1.18. The van der Waals surface area contributed by atoms with Gasteiger partial charge < -0.3 is 15.1 Å². The minimum Gasteiger partial charge on any atom is -0.375 e. The molecule has 0 saturated carbocycles. The minimum absolute atomic E-state index is 0.0115. The fourth-order valence-electron chi connectivity index (χ4n) is 5.51. The Morgan fingerprint density at radius 1 is 0.881 bits per heavy atom. The van der Waals surface area contributed by atoms with Gasteiger partial charge in [-0.1, -0.05) is 48.5 Å². The monoisotopic (exact) mass is 567 g/mol. The van der Waals surface area contributed by atoms with E-state index in [9.17, 15) is 9.59 Å². The maximum absolute atomic E-state index is 13.5. The zero-order valence-corrected chi connectivity index (χ0v) is 24.8. The van der Waals surface area contributed by atoms with Crippen LogP contribution in [0.1, 0.15) is 37.9 Å². The fourth-order valence-corrected chi connectivity index (χ4v) is 5.51. The van der Waals surface area contributed by atoms with E-state index in [0.29, 0.717) is 6.54 Å². The van der Waals surface area contributed by atoms with Gasteiger partial charge in [-0.15, -0.1) is 0 Å². The van der Waals surface area contributed by atoms with Crippen molar-refractivity contribution in [1.82, 2.24) is 24.6 Å². The summed E-state index contributed by atoms with van der Waals surface area (Å²) in [5.41, 5.74) is 3.95. The maximum atomic E-state index is 13.5. The van der Waals surface area contributed by atoms with Gasteiger partial charge in [0.25, 0.3) is 0 Å². The summed E-state index contributed by atoms with van der Waals surface area (Å²) in [6.07, 6.45) is 2.44. The van der Waals surface area contributed by atoms with E-state index in [1.54, 1.807) is 10.9 Å². The highest BCUT2D eigenvalue weighted by Gasteiger charge is 2.30. The van der Waals surface area contributed by atoms with Crippen LogP contribution in [0.4, 0.5) is 11.4 Å². The SMILES string of the molecule is CC(C)n1ncn(-c2ccc(N3CCN(C(C(=O)NCCCN(C)c4ccccc4)c4ccccc4)CC3)cc2)c1=O. The predicted octanol–water partition coefficient (Wildman–Crippen LogP) is 4.12. The quantitative estimate of drug-likeness (QED) is 0.275. The van der Waals surface area contributed by atoms with E-state index >= 15 is 0 Å². The van der Waals surface area contributed by atoms with Crippen LogP contribution in [0.2, 0.25) is 0 Å². The topological polar surface area (TPSA) is 78.6 Å². The third-order valence-electron chi connectivity index (χ3n) is 7.89. The number of rotatable bonds is 11. The summed E-state index contributed by atoms with van der Waals surface area (Å²) in [5, 5.41) is 7.44. The van der Waals surface area contributed by atoms with Gasteiger partial charge in [0.15, 0.2) is 0 Å². The summed E-state index contributed by atoms with van der Waals surface area (Å²) in [7, 11) is 2.08. The summed E-state index contributed by atoms with van der Waals surface area (Å²) in [6.45, 7) is 8.54. The predicted molar refractivity (Wildman–Crippen MR) is 169 cm³/mol. The lowest BCUT2D eigenvalue weighted by molar-refractivity contribution is -0.126. The molecule has 5 rings (SSSR count). The van der Waals surface area contributed by atoms with E-state index in [0.717, 1.165) is 56.1 Å². The Labute approximate surface area is 248 Å². The number of nitrogens with zero attached hydrogens (tertiary/aromatic N) is 6. The first-order valence-electron chi connectivity index (χ1n) is 14.8. The lowest BCUT2D eigenvalue weighted by atomic mass is 10.0. The molecule has 1 saturated heterocycles. The number of benzene rings is 3. The van der Waals surface area contributed by atoms with E-state index in [1.165, 1.54) is 10.4 Å². The second-order valence-electron chi connectivity index (χ2n) is 11.1. The zero-order valence-electron chi connectivity index (χ0n) is 24.8. The summed E-state index contributed by atoms with van der Waals surface area (Å²) < 4.78 is 3.06. The second-order valence-corrected chi connectivity index (χ2v) is 11.1. The number of anilines is 2. The third kappa shape index (κ3) is 6.74. The summed E-state index contributed by atoms with van der Waals surface area (Å²) in [4.78, 5) is 33.0. The second kappa shape index (κ2) is 13.5. The van der Waals surface area contributed by atoms with Crippen molar-refractivity contribution in [3.8, 4) is 5.69 Å². The van der Waals surface area contributed by atoms with Crippen LogP contribution in [-0.4, -0.2) is 71.5 Å². The summed E-state index contributed by atoms with van der Waals surface area (Å²) in [6, 6.07) is 28.1. The molecule has 1 aliphatic rings. The molecule has 3 aromatic carbocycles. The number of hydrogen-bond donors (Lipinski definition) is 1. The van der Waals surface area contributed by atoms with Crippen LogP contribution in [0.15, 0.2) is 96.1 Å². The fraction of sp³-hybridized carbons (Fsp3) is 0.364. The van der Waals surface area contributed by atoms with Crippen LogP contribution in [0.25, 0.3) is 5.69 Å². The molecule has 0 aliphatic carbocycles. The molecule has 1 fully saturated rings. The van der Waals surface area contributed by atoms with Crippen molar-refractivity contribution in [2.75, 3.05) is 56.1 Å². The first-order valence-corrected chi connectivity index (χ1v) is 14.8. The average Bonchev–Trinajstić information content (AvgIpc) is 3.42. The van der Waals surface area contributed by atoms with Crippen molar-refractivity contribution in [3.63, 3.8) is 0 Å². The molecule has 1 aromatic heterocycles. The third-order valence-corrected chi connectivity index (χ3v) is 7.89. The number of hydrogen-bond acceptors (Lipinski definition) is 6. The molecular formula is C33H41N7O2. The van der Waals surface area contributed by atoms with Gasteiger partial charge in [0.2, 0.25) is 5.91 Å². The number of carbonyl (C=O) groups is 1. The van der Waals surface area contributed by atoms with E-state index in [1.807, 2.05) is 74.5 Å². The standard InChI is InChI=1S/C33H41N7O2/c1-26(2)40-33(42)39(25-35-40)30-17-15-29(16-18-30)37-21-23-38(24-22-37)31(27-11-6-4-7-12-27)32(41)34-19-10-20-36(3)28-13-8-5-9-14-28/h4-9,11-18,25-26,31H,10,19-24H2,1-3H3,(H,34,41). The Morgan fingerprint density at radius 3 is 2.12 bits per heavy atom. The molecule has 220 valence electrons. The number of amides is 1. The zero-order chi connectivity index (χ0) is 29.5. The van der Waals surface area contributed by atoms with Crippen LogP contribution >= 0.6 is 0 Å². The van der Waals surface area contributed by atoms with Gasteiger partial charge in [-0.3, -0.25) is 9.69 Å². The van der Waals surface area contributed by atoms with Gasteiger partial charge in [0.1, 0.15) is 12.4 Å². The lowest BCUT2D eigenvalue weighted by Gasteiger charge is -2.39. The van der Waals surface area contributed by atoms with E-state index < -0.39 is 0 Å². The molecule has 0 spiro atoms. The molecule has 0 radical (unpaired) electrons. The van der Waals surface area contributed by atoms with E-state index in [4.69, 9.17) is 0 Å². The molecular weight excluding hydrogens is 526 g/mol. The molecule has 1 aliphatic heterocycles. The molecule has 1 N–H and O–H groups in total. The molecule has 0 bridgehead atoms. The maximum Gasteiger partial charge on any atom is 0.350 e. The Hall–Kier alpha value is -4.37. The first kappa shape index (κ1) is 29.1. The number of aromatic nitrogens is 3. The highest BCUT2D eigenvalue weighted by Crippen LogP contribution is 2.25. The van der Waals surface area contributed by atoms with Crippen LogP contribution < -0.4 is 20.8 Å². The Bertz CT molecular complexity index is 1470. The van der Waals surface area contributed by atoms with Crippen LogP contribution in [-0.2, 0) is 4.79 Å². The van der Waals surface area contributed by atoms with Gasteiger partial charge >= 0.3 is 5.69 Å². The van der Waals surface area contributed by atoms with Crippen molar-refractivity contribution in [2.24, 2.45) is 0 Å². The molecule has 1 unspecified atom stereocenters. The highest BCUT2D eigenvalue weighted by molar-refractivity contribution is 5.83. The lowest BCUT2D eigenvalue weighted by Crippen LogP contribution is -2.51. The van der Waals surface area contributed by atoms with Crippen LogP contribution in [0, 0.1) is 0 Å². The molecule has 42 heavy (non-hydrogen) atoms. The van der Waals surface area contributed by atoms with E-state index in [2.05, 4.69) is 56.4 Å². The van der Waals surface area contributed by atoms with Crippen molar-refractivity contribution >= 4 is 17.3 Å². The normalized spacial score (nSPS) is 14.6. The van der Waals surface area contributed by atoms with Crippen molar-refractivity contribution < 1.29 is 4.79 Å². The van der Waals surface area contributed by atoms with Crippen LogP contribution in [0.5, 0.6) is 0 Å². The van der Waals surface area contributed by atoms with Gasteiger partial charge in [0, 0.05) is 57.7 Å². The molecule has 2 heterocycles. The molecule has 1 atom stereocenters. The number of carbonyl (C=O) groups excluding carboxylic acids is 1. The van der Waals surface area contributed by atoms with Gasteiger partial charge in [-0.05, 0) is 62.2 Å². The molecule has 1 amide bonds. The first-order chi connectivity index (χ1) is 20.4. The Morgan fingerprint density at radius 2 is 1.50 bits per heavy atom. The molecule has 9 nitrogen and oxygen atoms in total. The summed E-state index contributed by atoms with van der Waals surface area (Å²) in [5.74, 6) is 0.0498. The van der Waals surface area contributed by atoms with Crippen LogP contribution in [0.3, 0.4) is 0 Å². The average molecular weight is 568 g/mol. The highest BCUT2D eigenvalue weighted by atomic mass is 16.2. The number of nitrogens with one attached hydrogen (secondary N) is 1. The van der Waals surface area contributed by atoms with Gasteiger partial charge in [-0.25, -0.2) is 14.0 Å². The van der Waals surface area contributed by atoms with E-state index in [-0.39, 0.29) is 23.7 Å². The number of piperazine rings is 1. The van der Waals surface area contributed by atoms with Crippen molar-refractivity contribution in [1.29, 1.82) is 0 Å². The molecule has 4 aromatic rings. The van der Waals surface area contributed by atoms with Crippen molar-refractivity contribution in [3.05, 3.63) is 107 Å². The number of para-hydroxylation sites is 1. The van der Waals surface area contributed by atoms with Crippen molar-refractivity contribution in [2.45, 2.75) is 32.4 Å². The Kier molecular flexibility index (Phi) is 9.38. The molecule has 9 heteroatoms. The minimum atomic E-state index is -0.327. The smallest absolute Gasteiger partial charge is 0.350 e. The van der Waals surface area contributed by atoms with Gasteiger partial charge in [0.05, 0.1) is 11.7 Å². The van der Waals surface area contributed by atoms with Gasteiger partial charge in [-0.2, -0.15) is 5.10 Å². The summed E-state index contributed by atoms with van der Waals surface area (Å²) >= 11 is 0. The largest absolute Gasteiger partial charge is 0.375 e.